The maximum Gasteiger partial charge on any atom is 0.342 e. The van der Waals surface area contributed by atoms with Crippen LogP contribution in [0.5, 0.6) is 17.2 Å². The SMILES string of the molecule is COc1ccc(OC)c(C(=O)OCC(=O)N(C)CCOc2ccc(Cl)cc2)c1. The summed E-state index contributed by atoms with van der Waals surface area (Å²) in [6.07, 6.45) is 0. The van der Waals surface area contributed by atoms with Crippen LogP contribution < -0.4 is 14.2 Å². The number of hydrogen-bond donors (Lipinski definition) is 0. The molecule has 150 valence electrons. The molecule has 0 aliphatic rings. The summed E-state index contributed by atoms with van der Waals surface area (Å²) in [7, 11) is 4.53. The molecule has 0 atom stereocenters. The van der Waals surface area contributed by atoms with E-state index < -0.39 is 12.6 Å². The van der Waals surface area contributed by atoms with Crippen molar-refractivity contribution in [2.45, 2.75) is 0 Å². The van der Waals surface area contributed by atoms with Crippen LogP contribution in [-0.4, -0.2) is 57.8 Å². The molecule has 0 aliphatic heterocycles. The van der Waals surface area contributed by atoms with Crippen LogP contribution in [0.1, 0.15) is 10.4 Å². The van der Waals surface area contributed by atoms with E-state index in [1.807, 2.05) is 0 Å². The van der Waals surface area contributed by atoms with Crippen LogP contribution in [0.2, 0.25) is 5.02 Å². The predicted octanol–water partition coefficient (Wildman–Crippen LogP) is 3.05. The highest BCUT2D eigenvalue weighted by Gasteiger charge is 2.18. The standard InChI is InChI=1S/C20H22ClNO6/c1-22(10-11-27-15-6-4-14(21)5-7-15)19(23)13-28-20(24)17-12-16(25-2)8-9-18(17)26-3/h4-9,12H,10-11,13H2,1-3H3. The van der Waals surface area contributed by atoms with Gasteiger partial charge in [-0.3, -0.25) is 4.79 Å². The molecule has 28 heavy (non-hydrogen) atoms. The highest BCUT2D eigenvalue weighted by atomic mass is 35.5. The van der Waals surface area contributed by atoms with Gasteiger partial charge >= 0.3 is 5.97 Å². The lowest BCUT2D eigenvalue weighted by atomic mass is 10.2. The summed E-state index contributed by atoms with van der Waals surface area (Å²) in [4.78, 5) is 25.9. The molecular formula is C20H22ClNO6. The van der Waals surface area contributed by atoms with Gasteiger partial charge in [-0.15, -0.1) is 0 Å². The third-order valence-electron chi connectivity index (χ3n) is 3.89. The molecule has 2 aromatic rings. The first-order chi connectivity index (χ1) is 13.4. The Kier molecular flexibility index (Phi) is 7.95. The van der Waals surface area contributed by atoms with Crippen molar-refractivity contribution >= 4 is 23.5 Å². The van der Waals surface area contributed by atoms with Gasteiger partial charge in [-0.25, -0.2) is 4.79 Å². The summed E-state index contributed by atoms with van der Waals surface area (Å²) in [6, 6.07) is 11.7. The number of halogens is 1. The summed E-state index contributed by atoms with van der Waals surface area (Å²) >= 11 is 5.81. The number of ether oxygens (including phenoxy) is 4. The van der Waals surface area contributed by atoms with E-state index in [2.05, 4.69) is 0 Å². The van der Waals surface area contributed by atoms with Crippen molar-refractivity contribution in [2.24, 2.45) is 0 Å². The monoisotopic (exact) mass is 407 g/mol. The first-order valence-electron chi connectivity index (χ1n) is 8.46. The second-order valence-corrected chi connectivity index (χ2v) is 6.20. The van der Waals surface area contributed by atoms with Crippen LogP contribution >= 0.6 is 11.6 Å². The Morgan fingerprint density at radius 1 is 1.00 bits per heavy atom. The van der Waals surface area contributed by atoms with Crippen molar-refractivity contribution in [3.05, 3.63) is 53.1 Å². The highest BCUT2D eigenvalue weighted by molar-refractivity contribution is 6.30. The first kappa shape index (κ1) is 21.4. The van der Waals surface area contributed by atoms with Gasteiger partial charge in [0.05, 0.1) is 20.8 Å². The number of likely N-dealkylation sites (N-methyl/N-ethyl adjacent to an activating group) is 1. The largest absolute Gasteiger partial charge is 0.497 e. The number of benzene rings is 2. The van der Waals surface area contributed by atoms with Crippen LogP contribution in [-0.2, 0) is 9.53 Å². The van der Waals surface area contributed by atoms with Crippen LogP contribution in [0.15, 0.2) is 42.5 Å². The molecule has 0 radical (unpaired) electrons. The molecule has 0 heterocycles. The summed E-state index contributed by atoms with van der Waals surface area (Å²) in [5.74, 6) is 0.449. The zero-order valence-electron chi connectivity index (χ0n) is 15.9. The van der Waals surface area contributed by atoms with E-state index in [-0.39, 0.29) is 11.5 Å². The van der Waals surface area contributed by atoms with E-state index in [0.717, 1.165) is 0 Å². The van der Waals surface area contributed by atoms with E-state index in [1.54, 1.807) is 43.4 Å². The molecule has 0 unspecified atom stereocenters. The van der Waals surface area contributed by atoms with Gasteiger partial charge in [0.25, 0.3) is 5.91 Å². The lowest BCUT2D eigenvalue weighted by molar-refractivity contribution is -0.133. The Labute approximate surface area is 168 Å². The molecule has 2 aromatic carbocycles. The maximum absolute atomic E-state index is 12.3. The fourth-order valence-electron chi connectivity index (χ4n) is 2.24. The normalized spacial score (nSPS) is 10.1. The van der Waals surface area contributed by atoms with E-state index in [9.17, 15) is 9.59 Å². The molecular weight excluding hydrogens is 386 g/mol. The van der Waals surface area contributed by atoms with E-state index in [0.29, 0.717) is 35.4 Å². The number of carbonyl (C=O) groups excluding carboxylic acids is 2. The van der Waals surface area contributed by atoms with Crippen molar-refractivity contribution < 1.29 is 28.5 Å². The fraction of sp³-hybridized carbons (Fsp3) is 0.300. The topological polar surface area (TPSA) is 74.3 Å². The summed E-state index contributed by atoms with van der Waals surface area (Å²) in [5, 5.41) is 0.620. The van der Waals surface area contributed by atoms with Crippen molar-refractivity contribution in [1.29, 1.82) is 0 Å². The van der Waals surface area contributed by atoms with Gasteiger partial charge in [-0.2, -0.15) is 0 Å². The molecule has 7 nitrogen and oxygen atoms in total. The predicted molar refractivity (Wildman–Crippen MR) is 104 cm³/mol. The summed E-state index contributed by atoms with van der Waals surface area (Å²) in [5.41, 5.74) is 0.184. The van der Waals surface area contributed by atoms with Gasteiger partial charge in [-0.05, 0) is 42.5 Å². The van der Waals surface area contributed by atoms with Crippen molar-refractivity contribution in [3.8, 4) is 17.2 Å². The second-order valence-electron chi connectivity index (χ2n) is 5.76. The third-order valence-corrected chi connectivity index (χ3v) is 4.14. The lowest BCUT2D eigenvalue weighted by Crippen LogP contribution is -2.34. The van der Waals surface area contributed by atoms with Crippen LogP contribution in [0.4, 0.5) is 0 Å². The molecule has 0 spiro atoms. The fourth-order valence-corrected chi connectivity index (χ4v) is 2.37. The van der Waals surface area contributed by atoms with Gasteiger partial charge in [0.1, 0.15) is 29.4 Å². The zero-order chi connectivity index (χ0) is 20.5. The summed E-state index contributed by atoms with van der Waals surface area (Å²) in [6.45, 7) is 0.236. The first-order valence-corrected chi connectivity index (χ1v) is 8.84. The molecule has 8 heteroatoms. The molecule has 0 N–H and O–H groups in total. The smallest absolute Gasteiger partial charge is 0.342 e. The highest BCUT2D eigenvalue weighted by Crippen LogP contribution is 2.24. The molecule has 0 saturated carbocycles. The van der Waals surface area contributed by atoms with Crippen molar-refractivity contribution in [2.75, 3.05) is 41.0 Å². The maximum atomic E-state index is 12.3. The third kappa shape index (κ3) is 6.06. The van der Waals surface area contributed by atoms with E-state index in [1.165, 1.54) is 25.2 Å². The van der Waals surface area contributed by atoms with Crippen molar-refractivity contribution in [3.63, 3.8) is 0 Å². The average Bonchev–Trinajstić information content (AvgIpc) is 2.72. The van der Waals surface area contributed by atoms with Gasteiger partial charge in [-0.1, -0.05) is 11.6 Å². The lowest BCUT2D eigenvalue weighted by Gasteiger charge is -2.17. The quantitative estimate of drug-likeness (QED) is 0.595. The Hall–Kier alpha value is -2.93. The van der Waals surface area contributed by atoms with Gasteiger partial charge in [0.2, 0.25) is 0 Å². The minimum Gasteiger partial charge on any atom is -0.497 e. The van der Waals surface area contributed by atoms with Gasteiger partial charge in [0, 0.05) is 12.1 Å². The van der Waals surface area contributed by atoms with E-state index >= 15 is 0 Å². The number of hydrogen-bond acceptors (Lipinski definition) is 6. The molecule has 0 aromatic heterocycles. The van der Waals surface area contributed by atoms with Gasteiger partial charge < -0.3 is 23.8 Å². The molecule has 1 amide bonds. The number of methoxy groups -OCH3 is 2. The minimum absolute atomic E-state index is 0.184. The number of esters is 1. The zero-order valence-corrected chi connectivity index (χ0v) is 16.7. The molecule has 0 bridgehead atoms. The van der Waals surface area contributed by atoms with Crippen molar-refractivity contribution in [1.82, 2.24) is 4.90 Å². The number of amides is 1. The Morgan fingerprint density at radius 2 is 1.68 bits per heavy atom. The Morgan fingerprint density at radius 3 is 2.32 bits per heavy atom. The van der Waals surface area contributed by atoms with E-state index in [4.69, 9.17) is 30.5 Å². The number of carbonyl (C=O) groups is 2. The Bertz CT molecular complexity index is 809. The molecule has 0 fully saturated rings. The van der Waals surface area contributed by atoms with Crippen LogP contribution in [0.25, 0.3) is 0 Å². The number of rotatable bonds is 9. The summed E-state index contributed by atoms with van der Waals surface area (Å²) < 4.78 is 20.9. The molecule has 0 saturated heterocycles. The van der Waals surface area contributed by atoms with Crippen LogP contribution in [0, 0.1) is 0 Å². The molecule has 2 rings (SSSR count). The van der Waals surface area contributed by atoms with Crippen LogP contribution in [0.3, 0.4) is 0 Å². The average molecular weight is 408 g/mol. The minimum atomic E-state index is -0.671. The number of nitrogens with zero attached hydrogens (tertiary/aromatic N) is 1. The Balaban J connectivity index is 1.82. The molecule has 0 aliphatic carbocycles. The van der Waals surface area contributed by atoms with Gasteiger partial charge in [0.15, 0.2) is 6.61 Å². The second kappa shape index (κ2) is 10.4.